The average molecular weight is 607 g/mol. The van der Waals surface area contributed by atoms with Gasteiger partial charge >= 0.3 is 17.6 Å². The third-order valence-electron chi connectivity index (χ3n) is 6.08. The number of carboxylic acid groups (broad SMARTS) is 2. The Morgan fingerprint density at radius 1 is 1.12 bits per heavy atom. The number of amides is 2. The van der Waals surface area contributed by atoms with Gasteiger partial charge in [0.1, 0.15) is 28.7 Å². The summed E-state index contributed by atoms with van der Waals surface area (Å²) in [6, 6.07) is 8.03. The zero-order valence-electron chi connectivity index (χ0n) is 20.1. The number of halogens is 1. The summed E-state index contributed by atoms with van der Waals surface area (Å²) in [6.07, 6.45) is -1.54. The molecule has 2 unspecified atom stereocenters. The lowest BCUT2D eigenvalue weighted by molar-refractivity contribution is -0.151. The normalized spacial score (nSPS) is 19.2. The number of benzene rings is 1. The molecular weight excluding hydrogens is 588 g/mol. The smallest absolute Gasteiger partial charge is 0.367 e. The molecule has 2 amide bonds. The molecule has 40 heavy (non-hydrogen) atoms. The molecule has 0 radical (unpaired) electrons. The molecule has 0 bridgehead atoms. The average Bonchev–Trinajstić information content (AvgIpc) is 3.23. The Morgan fingerprint density at radius 2 is 1.85 bits per heavy atom. The van der Waals surface area contributed by atoms with Gasteiger partial charge in [0.05, 0.1) is 0 Å². The van der Waals surface area contributed by atoms with Gasteiger partial charge in [-0.2, -0.15) is 14.3 Å². The molecule has 2 aromatic heterocycles. The molecule has 1 saturated heterocycles. The molecule has 2 aliphatic heterocycles. The third-order valence-corrected chi connectivity index (χ3v) is 8.67. The standard InChI is InChI=1S/C23H19ClN6O8S2/c24-12-3-1-10(2-4-12)18(33)19(34)25-16-20(35)29-17(22(36)37)11(9-40-21(16)29)8-39-14-6-5-13-26-28(7-15(31)32)23(38)30(13)27-14/h1-6,16,18,21,33H,7-9H2,(H,25,34)(H,31,32)(H,36,37)/t16?,18?,21-/m0/s1. The van der Waals surface area contributed by atoms with Crippen molar-refractivity contribution in [2.75, 3.05) is 11.5 Å². The number of fused-ring (bicyclic) bond motifs is 2. The molecule has 3 atom stereocenters. The lowest BCUT2D eigenvalue weighted by atomic mass is 10.0. The van der Waals surface area contributed by atoms with Crippen LogP contribution in [0.1, 0.15) is 11.7 Å². The number of carbonyl (C=O) groups is 4. The Balaban J connectivity index is 1.29. The van der Waals surface area contributed by atoms with Crippen LogP contribution in [0.3, 0.4) is 0 Å². The van der Waals surface area contributed by atoms with Crippen LogP contribution < -0.4 is 11.0 Å². The molecule has 4 N–H and O–H groups in total. The number of nitrogens with one attached hydrogen (secondary N) is 1. The minimum Gasteiger partial charge on any atom is -0.480 e. The molecule has 5 rings (SSSR count). The van der Waals surface area contributed by atoms with Gasteiger partial charge < -0.3 is 20.6 Å². The van der Waals surface area contributed by atoms with E-state index in [-0.39, 0.29) is 28.4 Å². The van der Waals surface area contributed by atoms with Gasteiger partial charge in [-0.15, -0.1) is 28.6 Å². The number of aliphatic hydroxyl groups is 1. The molecule has 14 nitrogen and oxygen atoms in total. The van der Waals surface area contributed by atoms with E-state index in [1.165, 1.54) is 42.1 Å². The van der Waals surface area contributed by atoms with Gasteiger partial charge in [-0.05, 0) is 35.4 Å². The van der Waals surface area contributed by atoms with Crippen LogP contribution in [0.5, 0.6) is 0 Å². The SMILES string of the molecule is O=C(O)Cn1nc2ccc(SCC3=C(C(=O)O)N4C(=O)C(NC(=O)C(O)c5ccc(Cl)cc5)[C@@H]4SC3)nn2c1=O. The number of hydrogen-bond acceptors (Lipinski definition) is 10. The topological polar surface area (TPSA) is 196 Å². The van der Waals surface area contributed by atoms with E-state index >= 15 is 0 Å². The van der Waals surface area contributed by atoms with Gasteiger partial charge in [0.15, 0.2) is 11.8 Å². The lowest BCUT2D eigenvalue weighted by Crippen LogP contribution is -2.70. The van der Waals surface area contributed by atoms with Gasteiger partial charge in [0.25, 0.3) is 11.8 Å². The molecule has 3 aromatic rings. The maximum absolute atomic E-state index is 12.9. The van der Waals surface area contributed by atoms with E-state index in [0.29, 0.717) is 15.6 Å². The fourth-order valence-electron chi connectivity index (χ4n) is 4.18. The number of β-lactam (4-membered cyclic amide) rings is 1. The van der Waals surface area contributed by atoms with E-state index in [4.69, 9.17) is 16.7 Å². The minimum absolute atomic E-state index is 0.133. The highest BCUT2D eigenvalue weighted by atomic mass is 35.5. The van der Waals surface area contributed by atoms with E-state index in [1.54, 1.807) is 6.07 Å². The highest BCUT2D eigenvalue weighted by Crippen LogP contribution is 2.41. The zero-order chi connectivity index (χ0) is 28.7. The predicted molar refractivity (Wildman–Crippen MR) is 142 cm³/mol. The maximum atomic E-state index is 12.9. The van der Waals surface area contributed by atoms with E-state index in [0.717, 1.165) is 25.9 Å². The largest absolute Gasteiger partial charge is 0.480 e. The number of rotatable bonds is 9. The van der Waals surface area contributed by atoms with Crippen molar-refractivity contribution in [3.05, 3.63) is 68.7 Å². The van der Waals surface area contributed by atoms with E-state index in [1.807, 2.05) is 0 Å². The van der Waals surface area contributed by atoms with Crippen LogP contribution in [0.4, 0.5) is 0 Å². The van der Waals surface area contributed by atoms with Crippen LogP contribution in [0.15, 0.2) is 57.5 Å². The quantitative estimate of drug-likeness (QED) is 0.191. The second kappa shape index (κ2) is 11.0. The first-order chi connectivity index (χ1) is 19.0. The van der Waals surface area contributed by atoms with E-state index < -0.39 is 53.5 Å². The molecule has 17 heteroatoms. The number of aliphatic carboxylic acids is 2. The molecule has 0 aliphatic carbocycles. The van der Waals surface area contributed by atoms with Crippen molar-refractivity contribution in [2.45, 2.75) is 29.1 Å². The summed E-state index contributed by atoms with van der Waals surface area (Å²) < 4.78 is 1.72. The predicted octanol–water partition coefficient (Wildman–Crippen LogP) is 0.193. The summed E-state index contributed by atoms with van der Waals surface area (Å²) in [5, 5.41) is 39.9. The number of aliphatic hydroxyl groups excluding tert-OH is 1. The first kappa shape index (κ1) is 27.7. The first-order valence-corrected chi connectivity index (χ1v) is 13.9. The van der Waals surface area contributed by atoms with Crippen LogP contribution in [0.25, 0.3) is 5.65 Å². The Kier molecular flexibility index (Phi) is 7.59. The van der Waals surface area contributed by atoms with Gasteiger partial charge in [0.2, 0.25) is 0 Å². The number of thioether (sulfide) groups is 2. The van der Waals surface area contributed by atoms with E-state index in [2.05, 4.69) is 15.5 Å². The van der Waals surface area contributed by atoms with Crippen molar-refractivity contribution in [3.63, 3.8) is 0 Å². The second-order valence-electron chi connectivity index (χ2n) is 8.67. The highest BCUT2D eigenvalue weighted by molar-refractivity contribution is 8.01. The Labute approximate surface area is 237 Å². The molecule has 1 aromatic carbocycles. The van der Waals surface area contributed by atoms with E-state index in [9.17, 15) is 34.2 Å². The lowest BCUT2D eigenvalue weighted by Gasteiger charge is -2.49. The van der Waals surface area contributed by atoms with Crippen LogP contribution in [0.2, 0.25) is 5.02 Å². The summed E-state index contributed by atoms with van der Waals surface area (Å²) >= 11 is 8.23. The number of carbonyl (C=O) groups excluding carboxylic acids is 2. The Bertz CT molecular complexity index is 1640. The van der Waals surface area contributed by atoms with Gasteiger partial charge in [-0.1, -0.05) is 23.7 Å². The maximum Gasteiger partial charge on any atom is 0.367 e. The first-order valence-electron chi connectivity index (χ1n) is 11.5. The van der Waals surface area contributed by atoms with Crippen molar-refractivity contribution in [1.82, 2.24) is 29.6 Å². The minimum atomic E-state index is -1.54. The Morgan fingerprint density at radius 3 is 2.52 bits per heavy atom. The summed E-state index contributed by atoms with van der Waals surface area (Å²) in [6.45, 7) is -0.622. The third kappa shape index (κ3) is 5.17. The van der Waals surface area contributed by atoms with Crippen molar-refractivity contribution in [2.24, 2.45) is 0 Å². The monoisotopic (exact) mass is 606 g/mol. The zero-order valence-corrected chi connectivity index (χ0v) is 22.5. The molecule has 4 heterocycles. The fraction of sp³-hybridized carbons (Fsp3) is 0.261. The highest BCUT2D eigenvalue weighted by Gasteiger charge is 2.54. The molecule has 208 valence electrons. The molecular formula is C23H19ClN6O8S2. The molecule has 2 aliphatic rings. The molecule has 1 fully saturated rings. The van der Waals surface area contributed by atoms with Crippen LogP contribution in [-0.4, -0.2) is 86.3 Å². The molecule has 0 spiro atoms. The number of hydrogen-bond donors (Lipinski definition) is 4. The van der Waals surface area contributed by atoms with Crippen molar-refractivity contribution in [3.8, 4) is 0 Å². The Hall–Kier alpha value is -3.86. The number of carboxylic acids is 2. The molecule has 0 saturated carbocycles. The number of aromatic nitrogens is 4. The van der Waals surface area contributed by atoms with Crippen molar-refractivity contribution < 1.29 is 34.5 Å². The fourth-order valence-corrected chi connectivity index (χ4v) is 6.65. The summed E-state index contributed by atoms with van der Waals surface area (Å²) in [4.78, 5) is 62.1. The van der Waals surface area contributed by atoms with Crippen LogP contribution in [0, 0.1) is 0 Å². The van der Waals surface area contributed by atoms with Crippen molar-refractivity contribution >= 4 is 64.5 Å². The second-order valence-corrected chi connectivity index (χ2v) is 11.2. The van der Waals surface area contributed by atoms with Gasteiger partial charge in [0, 0.05) is 16.5 Å². The van der Waals surface area contributed by atoms with Crippen molar-refractivity contribution in [1.29, 1.82) is 0 Å². The van der Waals surface area contributed by atoms with Gasteiger partial charge in [-0.25, -0.2) is 9.59 Å². The van der Waals surface area contributed by atoms with Gasteiger partial charge in [-0.3, -0.25) is 19.3 Å². The summed E-state index contributed by atoms with van der Waals surface area (Å²) in [5.41, 5.74) is -0.0543. The summed E-state index contributed by atoms with van der Waals surface area (Å²) in [7, 11) is 0. The van der Waals surface area contributed by atoms with Crippen LogP contribution >= 0.6 is 35.1 Å². The summed E-state index contributed by atoms with van der Waals surface area (Å²) in [5.74, 6) is -3.59. The number of nitrogens with zero attached hydrogens (tertiary/aromatic N) is 5. The van der Waals surface area contributed by atoms with Crippen LogP contribution in [-0.2, 0) is 25.7 Å².